The number of aromatic hydroxyl groups is 1. The number of phenols is 1. The monoisotopic (exact) mass is 497 g/mol. The molecule has 1 amide bonds. The summed E-state index contributed by atoms with van der Waals surface area (Å²) in [6, 6.07) is 7.66. The molecule has 194 valence electrons. The van der Waals surface area contributed by atoms with Gasteiger partial charge in [-0.1, -0.05) is 44.4 Å². The lowest BCUT2D eigenvalue weighted by molar-refractivity contribution is -0.131. The molecule has 2 rings (SSSR count). The fraction of sp³-hybridized carbons (Fsp3) is 0.357. The van der Waals surface area contributed by atoms with Gasteiger partial charge >= 0.3 is 0 Å². The Labute approximate surface area is 212 Å². The van der Waals surface area contributed by atoms with Gasteiger partial charge in [-0.15, -0.1) is 0 Å². The van der Waals surface area contributed by atoms with E-state index in [2.05, 4.69) is 13.2 Å². The minimum atomic E-state index is -0.400. The number of phenolic OH excluding ortho intramolecular Hbond substituents is 1. The van der Waals surface area contributed by atoms with Crippen LogP contribution in [0.5, 0.6) is 17.2 Å². The van der Waals surface area contributed by atoms with Gasteiger partial charge < -0.3 is 29.3 Å². The van der Waals surface area contributed by atoms with Crippen LogP contribution in [0.3, 0.4) is 0 Å². The summed E-state index contributed by atoms with van der Waals surface area (Å²) in [7, 11) is 1.53. The number of amides is 1. The highest BCUT2D eigenvalue weighted by Crippen LogP contribution is 2.37. The molecule has 0 aromatic heterocycles. The molecule has 0 fully saturated rings. The number of benzene rings is 2. The third-order valence-electron chi connectivity index (χ3n) is 5.49. The first-order chi connectivity index (χ1) is 17.4. The second kappa shape index (κ2) is 14.7. The van der Waals surface area contributed by atoms with E-state index in [0.29, 0.717) is 36.4 Å². The highest BCUT2D eigenvalue weighted by Gasteiger charge is 2.28. The van der Waals surface area contributed by atoms with Crippen LogP contribution in [0.4, 0.5) is 0 Å². The third kappa shape index (κ3) is 7.44. The van der Waals surface area contributed by atoms with E-state index < -0.39 is 5.78 Å². The molecule has 0 aliphatic rings. The topological polar surface area (TPSA) is 106 Å². The molecule has 0 aliphatic heterocycles. The molecule has 0 aliphatic carbocycles. The molecule has 2 N–H and O–H groups in total. The van der Waals surface area contributed by atoms with E-state index in [1.54, 1.807) is 30.4 Å². The highest BCUT2D eigenvalue weighted by atomic mass is 16.5. The Morgan fingerprint density at radius 2 is 1.72 bits per heavy atom. The van der Waals surface area contributed by atoms with Crippen molar-refractivity contribution in [2.24, 2.45) is 0 Å². The van der Waals surface area contributed by atoms with Gasteiger partial charge in [0, 0.05) is 31.8 Å². The van der Waals surface area contributed by atoms with Crippen molar-refractivity contribution in [3.05, 3.63) is 77.9 Å². The van der Waals surface area contributed by atoms with Crippen molar-refractivity contribution in [1.29, 1.82) is 0 Å². The van der Waals surface area contributed by atoms with Crippen molar-refractivity contribution in [3.8, 4) is 17.2 Å². The molecule has 0 saturated carbocycles. The Balaban J connectivity index is 2.74. The molecule has 8 heteroatoms. The fourth-order valence-electron chi connectivity index (χ4n) is 3.84. The number of nitrogens with zero attached hydrogens (tertiary/aromatic N) is 1. The molecule has 36 heavy (non-hydrogen) atoms. The van der Waals surface area contributed by atoms with Crippen LogP contribution in [-0.2, 0) is 22.4 Å². The molecule has 0 bridgehead atoms. The fourth-order valence-corrected chi connectivity index (χ4v) is 3.84. The van der Waals surface area contributed by atoms with Crippen LogP contribution in [0.15, 0.2) is 55.6 Å². The summed E-state index contributed by atoms with van der Waals surface area (Å²) >= 11 is 0. The summed E-state index contributed by atoms with van der Waals surface area (Å²) in [6.07, 6.45) is 3.52. The van der Waals surface area contributed by atoms with Crippen molar-refractivity contribution in [1.82, 2.24) is 4.90 Å². The Hall–Kier alpha value is -3.62. The first-order valence-electron chi connectivity index (χ1n) is 11.8. The number of ether oxygens (including phenoxy) is 3. The van der Waals surface area contributed by atoms with Gasteiger partial charge in [-0.3, -0.25) is 9.59 Å². The maximum absolute atomic E-state index is 13.8. The summed E-state index contributed by atoms with van der Waals surface area (Å²) < 4.78 is 16.9. The van der Waals surface area contributed by atoms with Gasteiger partial charge in [0.25, 0.3) is 0 Å². The second-order valence-corrected chi connectivity index (χ2v) is 7.91. The van der Waals surface area contributed by atoms with Crippen molar-refractivity contribution in [2.75, 3.05) is 46.6 Å². The average Bonchev–Trinajstić information content (AvgIpc) is 2.87. The number of methoxy groups -OCH3 is 1. The van der Waals surface area contributed by atoms with Crippen LogP contribution in [0.25, 0.3) is 0 Å². The van der Waals surface area contributed by atoms with Crippen LogP contribution in [0.2, 0.25) is 0 Å². The Morgan fingerprint density at radius 1 is 1.03 bits per heavy atom. The van der Waals surface area contributed by atoms with Gasteiger partial charge in [0.15, 0.2) is 5.78 Å². The molecular weight excluding hydrogens is 462 g/mol. The van der Waals surface area contributed by atoms with E-state index in [1.165, 1.54) is 24.1 Å². The number of rotatable bonds is 16. The summed E-state index contributed by atoms with van der Waals surface area (Å²) in [5.41, 5.74) is 1.63. The molecule has 0 radical (unpaired) electrons. The van der Waals surface area contributed by atoms with Crippen molar-refractivity contribution < 1.29 is 34.0 Å². The predicted molar refractivity (Wildman–Crippen MR) is 138 cm³/mol. The van der Waals surface area contributed by atoms with Gasteiger partial charge in [-0.25, -0.2) is 0 Å². The minimum absolute atomic E-state index is 0.0534. The zero-order valence-corrected chi connectivity index (χ0v) is 21.0. The molecular formula is C28H35NO7. The molecule has 0 saturated heterocycles. The van der Waals surface area contributed by atoms with Crippen LogP contribution < -0.4 is 9.47 Å². The number of carbonyl (C=O) groups excluding carboxylic acids is 2. The molecule has 8 nitrogen and oxygen atoms in total. The van der Waals surface area contributed by atoms with E-state index in [0.717, 1.165) is 0 Å². The zero-order valence-electron chi connectivity index (χ0n) is 21.0. The standard InChI is InChI=1S/C28H35NO7/c1-5-14-35-24-19-25(36-15-6-2)27(28(33)20-9-8-10-21(31)17-20)23(22(24)7-3)18-26(32)29(11-13-30)12-16-34-4/h5-6,8-10,17,19,30-31H,1-2,7,11-16,18H2,3-4H3. The molecule has 0 atom stereocenters. The molecule has 0 unspecified atom stereocenters. The van der Waals surface area contributed by atoms with E-state index in [-0.39, 0.29) is 61.3 Å². The minimum Gasteiger partial charge on any atom is -0.508 e. The number of carbonyl (C=O) groups is 2. The maximum Gasteiger partial charge on any atom is 0.227 e. The SMILES string of the molecule is C=CCOc1cc(OCC=C)c(C(=O)c2cccc(O)c2)c(CC(=O)N(CCO)CCOC)c1CC. The average molecular weight is 498 g/mol. The Morgan fingerprint density at radius 3 is 2.31 bits per heavy atom. The second-order valence-electron chi connectivity index (χ2n) is 7.91. The van der Waals surface area contributed by atoms with Crippen molar-refractivity contribution in [2.45, 2.75) is 19.8 Å². The van der Waals surface area contributed by atoms with Crippen molar-refractivity contribution >= 4 is 11.7 Å². The maximum atomic E-state index is 13.8. The van der Waals surface area contributed by atoms with Crippen LogP contribution in [0, 0.1) is 0 Å². The van der Waals surface area contributed by atoms with E-state index >= 15 is 0 Å². The van der Waals surface area contributed by atoms with E-state index in [1.807, 2.05) is 6.92 Å². The third-order valence-corrected chi connectivity index (χ3v) is 5.49. The summed E-state index contributed by atoms with van der Waals surface area (Å²) in [6.45, 7) is 10.2. The van der Waals surface area contributed by atoms with Crippen molar-refractivity contribution in [3.63, 3.8) is 0 Å². The van der Waals surface area contributed by atoms with Gasteiger partial charge in [0.2, 0.25) is 5.91 Å². The largest absolute Gasteiger partial charge is 0.508 e. The van der Waals surface area contributed by atoms with Gasteiger partial charge in [-0.2, -0.15) is 0 Å². The summed E-state index contributed by atoms with van der Waals surface area (Å²) in [4.78, 5) is 28.7. The Bertz CT molecular complexity index is 1060. The molecule has 2 aromatic carbocycles. The number of hydrogen-bond donors (Lipinski definition) is 2. The van der Waals surface area contributed by atoms with E-state index in [4.69, 9.17) is 14.2 Å². The van der Waals surface area contributed by atoms with Crippen LogP contribution in [0.1, 0.15) is 34.0 Å². The first kappa shape index (κ1) is 28.6. The number of hydrogen-bond acceptors (Lipinski definition) is 7. The van der Waals surface area contributed by atoms with Gasteiger partial charge in [0.05, 0.1) is 25.2 Å². The van der Waals surface area contributed by atoms with E-state index in [9.17, 15) is 19.8 Å². The summed E-state index contributed by atoms with van der Waals surface area (Å²) in [5.74, 6) is -0.00719. The zero-order chi connectivity index (χ0) is 26.5. The number of ketones is 1. The lowest BCUT2D eigenvalue weighted by atomic mass is 9.89. The quantitative estimate of drug-likeness (QED) is 0.271. The highest BCUT2D eigenvalue weighted by molar-refractivity contribution is 6.12. The molecule has 0 spiro atoms. The molecule has 0 heterocycles. The first-order valence-corrected chi connectivity index (χ1v) is 11.8. The van der Waals surface area contributed by atoms with Crippen LogP contribution >= 0.6 is 0 Å². The lowest BCUT2D eigenvalue weighted by Crippen LogP contribution is -2.37. The van der Waals surface area contributed by atoms with Gasteiger partial charge in [0.1, 0.15) is 30.5 Å². The lowest BCUT2D eigenvalue weighted by Gasteiger charge is -2.25. The van der Waals surface area contributed by atoms with Gasteiger partial charge in [-0.05, 0) is 29.7 Å². The summed E-state index contributed by atoms with van der Waals surface area (Å²) in [5, 5.41) is 19.4. The molecule has 2 aromatic rings. The smallest absolute Gasteiger partial charge is 0.227 e. The Kier molecular flexibility index (Phi) is 11.7. The van der Waals surface area contributed by atoms with Crippen LogP contribution in [-0.4, -0.2) is 73.4 Å². The number of aliphatic hydroxyl groups is 1. The normalized spacial score (nSPS) is 10.5. The predicted octanol–water partition coefficient (Wildman–Crippen LogP) is 3.33. The number of aliphatic hydroxyl groups excluding tert-OH is 1.